The fourth-order valence-corrected chi connectivity index (χ4v) is 3.93. The molecule has 1 aromatic heterocycles. The maximum absolute atomic E-state index is 13.1. The van der Waals surface area contributed by atoms with Gasteiger partial charge in [0.1, 0.15) is 0 Å². The second-order valence-electron chi connectivity index (χ2n) is 6.91. The highest BCUT2D eigenvalue weighted by Gasteiger charge is 2.36. The predicted molar refractivity (Wildman–Crippen MR) is 90.3 cm³/mol. The lowest BCUT2D eigenvalue weighted by Gasteiger charge is -2.12. The van der Waals surface area contributed by atoms with E-state index in [9.17, 15) is 9.59 Å². The van der Waals surface area contributed by atoms with Gasteiger partial charge < -0.3 is 9.30 Å². The van der Waals surface area contributed by atoms with Crippen molar-refractivity contribution < 1.29 is 14.3 Å². The first-order valence-corrected chi connectivity index (χ1v) is 8.61. The molecule has 0 saturated heterocycles. The Morgan fingerprint density at radius 3 is 2.75 bits per heavy atom. The van der Waals surface area contributed by atoms with Crippen molar-refractivity contribution in [1.82, 2.24) is 4.57 Å². The number of carbonyl (C=O) groups is 2. The average molecular weight is 323 g/mol. The van der Waals surface area contributed by atoms with Gasteiger partial charge in [0, 0.05) is 17.8 Å². The quantitative estimate of drug-likeness (QED) is 0.797. The summed E-state index contributed by atoms with van der Waals surface area (Å²) < 4.78 is 7.44. The molecule has 0 fully saturated rings. The van der Waals surface area contributed by atoms with Gasteiger partial charge in [0.05, 0.1) is 17.7 Å². The molecule has 0 N–H and O–H groups in total. The molecule has 0 spiro atoms. The van der Waals surface area contributed by atoms with Crippen molar-refractivity contribution in [2.45, 2.75) is 51.7 Å². The molecule has 4 rings (SSSR count). The van der Waals surface area contributed by atoms with Crippen molar-refractivity contribution >= 4 is 11.8 Å². The van der Waals surface area contributed by atoms with Crippen LogP contribution in [-0.2, 0) is 28.9 Å². The highest BCUT2D eigenvalue weighted by atomic mass is 16.5. The van der Waals surface area contributed by atoms with Crippen LogP contribution in [0.4, 0.5) is 0 Å². The minimum absolute atomic E-state index is 0.0854. The third kappa shape index (κ3) is 2.29. The smallest absolute Gasteiger partial charge is 0.315 e. The van der Waals surface area contributed by atoms with Crippen molar-refractivity contribution in [3.05, 3.63) is 58.4 Å². The lowest BCUT2D eigenvalue weighted by atomic mass is 10.0. The maximum Gasteiger partial charge on any atom is 0.315 e. The second kappa shape index (κ2) is 5.62. The Morgan fingerprint density at radius 1 is 1.21 bits per heavy atom. The Labute approximate surface area is 141 Å². The molecule has 0 radical (unpaired) electrons. The van der Waals surface area contributed by atoms with E-state index in [0.29, 0.717) is 13.0 Å². The molecule has 0 amide bonds. The molecule has 1 aromatic carbocycles. The summed E-state index contributed by atoms with van der Waals surface area (Å²) in [6.45, 7) is 4.43. The molecule has 1 aliphatic carbocycles. The SMILES string of the molecule is CC(C)OC(=O)C1CCn2c1cc1c2C(=O)c2ccccc2CC1. The van der Waals surface area contributed by atoms with Crippen LogP contribution in [-0.4, -0.2) is 22.4 Å². The normalized spacial score (nSPS) is 18.8. The molecule has 0 bridgehead atoms. The minimum Gasteiger partial charge on any atom is -0.462 e. The van der Waals surface area contributed by atoms with Crippen LogP contribution in [0, 0.1) is 0 Å². The standard InChI is InChI=1S/C20H21NO3/c1-12(2)24-20(23)16-9-10-21-17(16)11-14-8-7-13-5-3-4-6-15(13)19(22)18(14)21/h3-6,11-12,16H,7-10H2,1-2H3. The molecular weight excluding hydrogens is 302 g/mol. The number of aryl methyl sites for hydroxylation is 2. The van der Waals surface area contributed by atoms with E-state index < -0.39 is 0 Å². The summed E-state index contributed by atoms with van der Waals surface area (Å²) in [6, 6.07) is 9.90. The number of hydrogen-bond acceptors (Lipinski definition) is 3. The van der Waals surface area contributed by atoms with Crippen LogP contribution in [0.15, 0.2) is 30.3 Å². The monoisotopic (exact) mass is 323 g/mol. The molecule has 24 heavy (non-hydrogen) atoms. The summed E-state index contributed by atoms with van der Waals surface area (Å²) in [4.78, 5) is 25.4. The van der Waals surface area contributed by atoms with Crippen molar-refractivity contribution in [1.29, 1.82) is 0 Å². The summed E-state index contributed by atoms with van der Waals surface area (Å²) >= 11 is 0. The molecular formula is C20H21NO3. The average Bonchev–Trinajstić information content (AvgIpc) is 3.06. The largest absolute Gasteiger partial charge is 0.462 e. The summed E-state index contributed by atoms with van der Waals surface area (Å²) in [5.74, 6) is -0.339. The van der Waals surface area contributed by atoms with Crippen LogP contribution in [0.25, 0.3) is 0 Å². The number of benzene rings is 1. The zero-order valence-corrected chi connectivity index (χ0v) is 14.0. The zero-order valence-electron chi connectivity index (χ0n) is 14.0. The van der Waals surface area contributed by atoms with Gasteiger partial charge in [-0.25, -0.2) is 0 Å². The highest BCUT2D eigenvalue weighted by Crippen LogP contribution is 2.37. The Balaban J connectivity index is 1.75. The van der Waals surface area contributed by atoms with Gasteiger partial charge in [-0.15, -0.1) is 0 Å². The van der Waals surface area contributed by atoms with Gasteiger partial charge in [-0.2, -0.15) is 0 Å². The first kappa shape index (κ1) is 15.2. The molecule has 1 atom stereocenters. The Hall–Kier alpha value is -2.36. The molecule has 2 aliphatic rings. The first-order chi connectivity index (χ1) is 11.6. The molecule has 4 heteroatoms. The molecule has 2 aromatic rings. The number of carbonyl (C=O) groups excluding carboxylic acids is 2. The Kier molecular flexibility index (Phi) is 3.56. The summed E-state index contributed by atoms with van der Waals surface area (Å²) in [6.07, 6.45) is 2.29. The fourth-order valence-electron chi connectivity index (χ4n) is 3.93. The van der Waals surface area contributed by atoms with Gasteiger partial charge in [-0.1, -0.05) is 24.3 Å². The Bertz CT molecular complexity index is 831. The zero-order chi connectivity index (χ0) is 16.8. The lowest BCUT2D eigenvalue weighted by Crippen LogP contribution is -2.18. The number of aromatic nitrogens is 1. The van der Waals surface area contributed by atoms with E-state index in [1.54, 1.807) is 0 Å². The number of hydrogen-bond donors (Lipinski definition) is 0. The van der Waals surface area contributed by atoms with Crippen molar-refractivity contribution in [2.75, 3.05) is 0 Å². The van der Waals surface area contributed by atoms with Gasteiger partial charge in [-0.05, 0) is 50.3 Å². The molecule has 2 heterocycles. The molecule has 1 aliphatic heterocycles. The van der Waals surface area contributed by atoms with Crippen LogP contribution in [0.5, 0.6) is 0 Å². The second-order valence-corrected chi connectivity index (χ2v) is 6.91. The van der Waals surface area contributed by atoms with Gasteiger partial charge in [-0.3, -0.25) is 9.59 Å². The number of fused-ring (bicyclic) bond motifs is 4. The van der Waals surface area contributed by atoms with E-state index in [1.165, 1.54) is 0 Å². The van der Waals surface area contributed by atoms with Crippen LogP contribution < -0.4 is 0 Å². The number of nitrogens with zero attached hydrogens (tertiary/aromatic N) is 1. The molecule has 124 valence electrons. The van der Waals surface area contributed by atoms with E-state index in [2.05, 4.69) is 6.07 Å². The number of esters is 1. The molecule has 0 saturated carbocycles. The third-order valence-corrected chi connectivity index (χ3v) is 4.98. The fraction of sp³-hybridized carbons (Fsp3) is 0.400. The maximum atomic E-state index is 13.1. The van der Waals surface area contributed by atoms with Crippen LogP contribution in [0.1, 0.15) is 59.1 Å². The van der Waals surface area contributed by atoms with Crippen molar-refractivity contribution in [3.8, 4) is 0 Å². The molecule has 4 nitrogen and oxygen atoms in total. The number of ketones is 1. The van der Waals surface area contributed by atoms with Gasteiger partial charge in [0.15, 0.2) is 0 Å². The molecule has 1 unspecified atom stereocenters. The van der Waals surface area contributed by atoms with Crippen LogP contribution in [0.3, 0.4) is 0 Å². The van der Waals surface area contributed by atoms with Crippen molar-refractivity contribution in [2.24, 2.45) is 0 Å². The van der Waals surface area contributed by atoms with E-state index in [1.807, 2.05) is 42.7 Å². The minimum atomic E-state index is -0.248. The predicted octanol–water partition coefficient (Wildman–Crippen LogP) is 3.26. The highest BCUT2D eigenvalue weighted by molar-refractivity contribution is 6.10. The van der Waals surface area contributed by atoms with E-state index in [0.717, 1.165) is 40.9 Å². The van der Waals surface area contributed by atoms with Crippen LogP contribution >= 0.6 is 0 Å². The summed E-state index contributed by atoms with van der Waals surface area (Å²) in [5.41, 5.74) is 4.69. The van der Waals surface area contributed by atoms with E-state index in [-0.39, 0.29) is 23.8 Å². The third-order valence-electron chi connectivity index (χ3n) is 4.98. The summed E-state index contributed by atoms with van der Waals surface area (Å²) in [5, 5.41) is 0. The van der Waals surface area contributed by atoms with E-state index >= 15 is 0 Å². The van der Waals surface area contributed by atoms with Crippen LogP contribution in [0.2, 0.25) is 0 Å². The summed E-state index contributed by atoms with van der Waals surface area (Å²) in [7, 11) is 0. The number of rotatable bonds is 2. The first-order valence-electron chi connectivity index (χ1n) is 8.61. The van der Waals surface area contributed by atoms with Gasteiger partial charge >= 0.3 is 5.97 Å². The van der Waals surface area contributed by atoms with Gasteiger partial charge in [0.2, 0.25) is 5.78 Å². The number of ether oxygens (including phenoxy) is 1. The van der Waals surface area contributed by atoms with Gasteiger partial charge in [0.25, 0.3) is 0 Å². The van der Waals surface area contributed by atoms with E-state index in [4.69, 9.17) is 4.74 Å². The van der Waals surface area contributed by atoms with Crippen molar-refractivity contribution in [3.63, 3.8) is 0 Å². The topological polar surface area (TPSA) is 48.3 Å². The Morgan fingerprint density at radius 2 is 1.96 bits per heavy atom. The lowest BCUT2D eigenvalue weighted by molar-refractivity contribution is -0.149.